The molecule has 4 aromatic carbocycles. The summed E-state index contributed by atoms with van der Waals surface area (Å²) in [5.41, 5.74) is 10.5. The fraction of sp³-hybridized carbons (Fsp3) is 0.143. The summed E-state index contributed by atoms with van der Waals surface area (Å²) >= 11 is 1.80. The Morgan fingerprint density at radius 2 is 1.35 bits per heavy atom. The molecule has 0 amide bonds. The van der Waals surface area contributed by atoms with Crippen LogP contribution in [-0.4, -0.2) is 13.1 Å². The zero-order valence-electron chi connectivity index (χ0n) is 26.4. The van der Waals surface area contributed by atoms with E-state index in [9.17, 15) is 5.26 Å². The van der Waals surface area contributed by atoms with Crippen LogP contribution in [-0.2, 0) is 17.6 Å². The molecule has 0 N–H and O–H groups in total. The molecule has 4 aliphatic rings. The summed E-state index contributed by atoms with van der Waals surface area (Å²) in [6, 6.07) is 32.1. The first-order valence-electron chi connectivity index (χ1n) is 16.3. The predicted octanol–water partition coefficient (Wildman–Crippen LogP) is 10.5. The summed E-state index contributed by atoms with van der Waals surface area (Å²) < 4.78 is 6.28. The quantitative estimate of drug-likeness (QED) is 0.141. The van der Waals surface area contributed by atoms with Crippen LogP contribution >= 0.6 is 11.8 Å². The van der Waals surface area contributed by atoms with Gasteiger partial charge in [0.25, 0.3) is 5.70 Å². The van der Waals surface area contributed by atoms with Gasteiger partial charge in [-0.2, -0.15) is 0 Å². The summed E-state index contributed by atoms with van der Waals surface area (Å²) in [5, 5.41) is 9.65. The van der Waals surface area contributed by atoms with Crippen LogP contribution in [0.4, 0.5) is 22.7 Å². The third-order valence-electron chi connectivity index (χ3n) is 9.14. The maximum atomic E-state index is 9.65. The van der Waals surface area contributed by atoms with Gasteiger partial charge in [0.1, 0.15) is 11.5 Å². The van der Waals surface area contributed by atoms with E-state index < -0.39 is 0 Å². The molecule has 232 valence electrons. The second-order valence-electron chi connectivity index (χ2n) is 12.2. The molecule has 4 heterocycles. The highest BCUT2D eigenvalue weighted by atomic mass is 32.2. The fourth-order valence-electron chi connectivity index (χ4n) is 7.00. The van der Waals surface area contributed by atoms with E-state index in [0.29, 0.717) is 17.1 Å². The molecule has 6 heteroatoms. The number of rotatable bonds is 5. The lowest BCUT2D eigenvalue weighted by Crippen LogP contribution is -2.34. The molecule has 0 bridgehead atoms. The number of aryl methyl sites for hydroxylation is 2. The highest BCUT2D eigenvalue weighted by Crippen LogP contribution is 2.51. The van der Waals surface area contributed by atoms with Crippen molar-refractivity contribution in [3.63, 3.8) is 0 Å². The molecule has 0 saturated heterocycles. The summed E-state index contributed by atoms with van der Waals surface area (Å²) in [4.78, 5) is 10.8. The van der Waals surface area contributed by atoms with Gasteiger partial charge < -0.3 is 14.5 Å². The van der Waals surface area contributed by atoms with E-state index in [1.165, 1.54) is 50.8 Å². The Morgan fingerprint density at radius 3 is 1.94 bits per heavy atom. The first-order chi connectivity index (χ1) is 23.7. The van der Waals surface area contributed by atoms with Gasteiger partial charge in [-0.25, -0.2) is 10.1 Å². The largest absolute Gasteiger partial charge is 0.457 e. The SMILES string of the molecule is [C-]#[N+]/C(C#N)=C1C=C(/C=C/c2ccc(N3c4ccccc4Sc4ccccc43)cc2)OC(/C=C/c2cc3c4c(c2)CCCN4CCC3)=C/1. The Labute approximate surface area is 285 Å². The fourth-order valence-corrected chi connectivity index (χ4v) is 8.06. The van der Waals surface area contributed by atoms with Gasteiger partial charge in [0.2, 0.25) is 0 Å². The molecule has 0 spiro atoms. The van der Waals surface area contributed by atoms with Gasteiger partial charge in [-0.3, -0.25) is 0 Å². The monoisotopic (exact) mass is 640 g/mol. The van der Waals surface area contributed by atoms with Crippen molar-refractivity contribution in [1.82, 2.24) is 0 Å². The zero-order chi connectivity index (χ0) is 32.5. The molecule has 0 saturated carbocycles. The lowest BCUT2D eigenvalue weighted by Gasteiger charge is -2.37. The minimum Gasteiger partial charge on any atom is -0.457 e. The number of ether oxygens (including phenoxy) is 1. The topological polar surface area (TPSA) is 43.9 Å². The van der Waals surface area contributed by atoms with Crippen molar-refractivity contribution >= 4 is 46.7 Å². The van der Waals surface area contributed by atoms with E-state index in [4.69, 9.17) is 11.3 Å². The lowest BCUT2D eigenvalue weighted by molar-refractivity contribution is 0.332. The molecule has 5 nitrogen and oxygen atoms in total. The average Bonchev–Trinajstić information content (AvgIpc) is 3.13. The van der Waals surface area contributed by atoms with Crippen LogP contribution in [0.1, 0.15) is 35.1 Å². The van der Waals surface area contributed by atoms with Gasteiger partial charge in [-0.1, -0.05) is 60.3 Å². The van der Waals surface area contributed by atoms with E-state index in [0.717, 1.165) is 42.7 Å². The molecule has 0 fully saturated rings. The van der Waals surface area contributed by atoms with Crippen molar-refractivity contribution in [2.45, 2.75) is 35.5 Å². The van der Waals surface area contributed by atoms with Crippen molar-refractivity contribution < 1.29 is 4.74 Å². The normalized spacial score (nSPS) is 17.4. The molecule has 0 unspecified atom stereocenters. The van der Waals surface area contributed by atoms with Crippen molar-refractivity contribution in [3.05, 3.63) is 166 Å². The zero-order valence-corrected chi connectivity index (χ0v) is 27.2. The van der Waals surface area contributed by atoms with Crippen LogP contribution < -0.4 is 9.80 Å². The molecule has 0 aromatic heterocycles. The van der Waals surface area contributed by atoms with E-state index in [2.05, 4.69) is 106 Å². The number of nitrogens with zero attached hydrogens (tertiary/aromatic N) is 4. The first kappa shape index (κ1) is 29.7. The summed E-state index contributed by atoms with van der Waals surface area (Å²) in [7, 11) is 0. The Morgan fingerprint density at radius 1 is 0.771 bits per heavy atom. The molecule has 0 atom stereocenters. The van der Waals surface area contributed by atoms with Crippen LogP contribution in [0, 0.1) is 17.9 Å². The number of hydrogen-bond acceptors (Lipinski definition) is 5. The van der Waals surface area contributed by atoms with Gasteiger partial charge in [-0.15, -0.1) is 0 Å². The van der Waals surface area contributed by atoms with Crippen molar-refractivity contribution in [3.8, 4) is 6.07 Å². The number of hydrogen-bond donors (Lipinski definition) is 0. The smallest absolute Gasteiger partial charge is 0.269 e. The molecular formula is C42H32N4OS. The van der Waals surface area contributed by atoms with E-state index in [-0.39, 0.29) is 5.70 Å². The second-order valence-corrected chi connectivity index (χ2v) is 13.3. The number of nitriles is 1. The van der Waals surface area contributed by atoms with Crippen molar-refractivity contribution in [2.75, 3.05) is 22.9 Å². The number of para-hydroxylation sites is 2. The predicted molar refractivity (Wildman–Crippen MR) is 195 cm³/mol. The summed E-state index contributed by atoms with van der Waals surface area (Å²) in [5.74, 6) is 1.16. The van der Waals surface area contributed by atoms with Crippen LogP contribution in [0.2, 0.25) is 0 Å². The molecule has 0 aliphatic carbocycles. The number of anilines is 4. The van der Waals surface area contributed by atoms with E-state index >= 15 is 0 Å². The first-order valence-corrected chi connectivity index (χ1v) is 17.1. The minimum absolute atomic E-state index is 0.0398. The molecule has 4 aliphatic heterocycles. The van der Waals surface area contributed by atoms with Gasteiger partial charge in [-0.05, 0) is 126 Å². The summed E-state index contributed by atoms with van der Waals surface area (Å²) in [6.45, 7) is 9.86. The van der Waals surface area contributed by atoms with E-state index in [1.54, 1.807) is 23.9 Å². The maximum absolute atomic E-state index is 9.65. The van der Waals surface area contributed by atoms with Crippen molar-refractivity contribution in [2.24, 2.45) is 0 Å². The number of allylic oxidation sites excluding steroid dienone is 6. The average molecular weight is 641 g/mol. The summed E-state index contributed by atoms with van der Waals surface area (Å²) in [6.07, 6.45) is 16.1. The van der Waals surface area contributed by atoms with Gasteiger partial charge in [0.15, 0.2) is 0 Å². The van der Waals surface area contributed by atoms with Crippen molar-refractivity contribution in [1.29, 1.82) is 5.26 Å². The molecule has 8 rings (SSSR count). The van der Waals surface area contributed by atoms with Gasteiger partial charge in [0, 0.05) is 34.3 Å². The third kappa shape index (κ3) is 5.72. The standard InChI is InChI=1S/C42H32N4OS/c1-44-37(28-43)33-26-35(47-36(27-33)21-17-30-24-31-8-6-22-45-23-7-9-32(25-30)42(31)45)20-16-29-14-18-34(19-15-29)46-38-10-2-4-12-40(38)48-41-13-5-3-11-39(41)46/h2-5,10-21,24-27H,6-9,22-23H2/b20-16+,21-17+,37-33-. The number of fused-ring (bicyclic) bond motifs is 2. The highest BCUT2D eigenvalue weighted by molar-refractivity contribution is 7.99. The second kappa shape index (κ2) is 12.8. The van der Waals surface area contributed by atoms with Gasteiger partial charge in [0.05, 0.1) is 24.0 Å². The lowest BCUT2D eigenvalue weighted by atomic mass is 9.90. The molecular weight excluding hydrogens is 609 g/mol. The Balaban J connectivity index is 1.05. The van der Waals surface area contributed by atoms with Crippen LogP contribution in [0.5, 0.6) is 0 Å². The van der Waals surface area contributed by atoms with Gasteiger partial charge >= 0.3 is 0 Å². The highest BCUT2D eigenvalue weighted by Gasteiger charge is 2.25. The van der Waals surface area contributed by atoms with Crippen LogP contribution in [0.25, 0.3) is 17.0 Å². The minimum atomic E-state index is 0.0398. The Kier molecular flexibility index (Phi) is 7.94. The third-order valence-corrected chi connectivity index (χ3v) is 10.3. The van der Waals surface area contributed by atoms with Crippen LogP contribution in [0.15, 0.2) is 142 Å². The number of benzene rings is 4. The molecule has 48 heavy (non-hydrogen) atoms. The van der Waals surface area contributed by atoms with Crippen LogP contribution in [0.3, 0.4) is 0 Å². The molecule has 4 aromatic rings. The Hall–Kier alpha value is -5.69. The maximum Gasteiger partial charge on any atom is 0.269 e. The van der Waals surface area contributed by atoms with E-state index in [1.807, 2.05) is 24.3 Å². The Bertz CT molecular complexity index is 2080. The molecule has 0 radical (unpaired) electrons.